The lowest BCUT2D eigenvalue weighted by Crippen LogP contribution is -2.75. The van der Waals surface area contributed by atoms with Crippen LogP contribution in [-0.2, 0) is 10.0 Å². The number of rotatable bonds is 9. The van der Waals surface area contributed by atoms with E-state index in [1.165, 1.54) is 25.9 Å². The van der Waals surface area contributed by atoms with Crippen LogP contribution in [0.4, 0.5) is 0 Å². The second kappa shape index (κ2) is 9.56. The van der Waals surface area contributed by atoms with Crippen molar-refractivity contribution in [1.29, 1.82) is 0 Å². The van der Waals surface area contributed by atoms with E-state index in [4.69, 9.17) is 4.52 Å². The largest absolute Gasteiger partial charge is 0.360 e. The van der Waals surface area contributed by atoms with Gasteiger partial charge in [0.25, 0.3) is 5.91 Å². The maximum absolute atomic E-state index is 13.9. The van der Waals surface area contributed by atoms with Crippen molar-refractivity contribution in [2.24, 2.45) is 17.8 Å². The highest BCUT2D eigenvalue weighted by Crippen LogP contribution is 2.69. The van der Waals surface area contributed by atoms with Crippen LogP contribution in [0.2, 0.25) is 0 Å². The SMILES string of the molecule is CN(CCN1CCCC1)C1CCN(S(=O)(=O)C23C[C@H]4CC(NC(=O)c5cc(C6CC6)on5)C[C@@H](C2)C43)CC1. The van der Waals surface area contributed by atoms with Gasteiger partial charge < -0.3 is 19.6 Å². The van der Waals surface area contributed by atoms with Crippen LogP contribution >= 0.6 is 0 Å². The third kappa shape index (κ3) is 4.25. The van der Waals surface area contributed by atoms with Crippen LogP contribution in [0.1, 0.15) is 86.4 Å². The topological polar surface area (TPSA) is 99.0 Å². The molecule has 5 atom stereocenters. The van der Waals surface area contributed by atoms with Crippen molar-refractivity contribution in [2.45, 2.75) is 87.0 Å². The predicted octanol–water partition coefficient (Wildman–Crippen LogP) is 2.66. The van der Waals surface area contributed by atoms with Gasteiger partial charge in [0.15, 0.2) is 5.69 Å². The maximum Gasteiger partial charge on any atom is 0.273 e. The van der Waals surface area contributed by atoms with Gasteiger partial charge in [-0.05, 0) is 102 Å². The highest BCUT2D eigenvalue weighted by atomic mass is 32.2. The molecule has 2 aliphatic heterocycles. The minimum atomic E-state index is -3.29. The fourth-order valence-electron chi connectivity index (χ4n) is 8.69. The third-order valence-corrected chi connectivity index (χ3v) is 13.6. The third-order valence-electron chi connectivity index (χ3n) is 11.0. The molecule has 210 valence electrons. The van der Waals surface area contributed by atoms with Crippen LogP contribution < -0.4 is 5.32 Å². The first-order chi connectivity index (χ1) is 18.3. The fraction of sp³-hybridized carbons (Fsp3) is 0.857. The lowest BCUT2D eigenvalue weighted by molar-refractivity contribution is -0.108. The van der Waals surface area contributed by atoms with Crippen molar-refractivity contribution >= 4 is 15.9 Å². The summed E-state index contributed by atoms with van der Waals surface area (Å²) in [5.41, 5.74) is 0.373. The average molecular weight is 546 g/mol. The molecule has 1 aromatic heterocycles. The number of nitrogens with one attached hydrogen (secondary N) is 1. The summed E-state index contributed by atoms with van der Waals surface area (Å²) in [6, 6.07) is 2.37. The van der Waals surface area contributed by atoms with Gasteiger partial charge in [-0.1, -0.05) is 5.16 Å². The average Bonchev–Trinajstić information content (AvgIpc) is 3.36. The molecule has 3 heterocycles. The Morgan fingerprint density at radius 2 is 1.79 bits per heavy atom. The summed E-state index contributed by atoms with van der Waals surface area (Å²) in [5, 5.41) is 7.16. The molecule has 2 saturated heterocycles. The number of hydrogen-bond donors (Lipinski definition) is 1. The maximum atomic E-state index is 13.9. The number of hydrogen-bond acceptors (Lipinski definition) is 7. The zero-order valence-corrected chi connectivity index (χ0v) is 23.5. The molecule has 0 spiro atoms. The first-order valence-electron chi connectivity index (χ1n) is 15.0. The number of sulfonamides is 1. The Morgan fingerprint density at radius 3 is 2.45 bits per heavy atom. The molecule has 3 unspecified atom stereocenters. The van der Waals surface area contributed by atoms with E-state index in [1.807, 2.05) is 4.31 Å². The second-order valence-corrected chi connectivity index (χ2v) is 15.5. The Kier molecular flexibility index (Phi) is 6.41. The van der Waals surface area contributed by atoms with E-state index in [-0.39, 0.29) is 17.9 Å². The van der Waals surface area contributed by atoms with Crippen LogP contribution in [0, 0.1) is 17.8 Å². The quantitative estimate of drug-likeness (QED) is 0.509. The van der Waals surface area contributed by atoms with Gasteiger partial charge in [-0.15, -0.1) is 0 Å². The van der Waals surface area contributed by atoms with E-state index < -0.39 is 14.8 Å². The predicted molar refractivity (Wildman–Crippen MR) is 143 cm³/mol. The van der Waals surface area contributed by atoms with E-state index in [0.29, 0.717) is 42.6 Å². The van der Waals surface area contributed by atoms with Crippen molar-refractivity contribution in [3.63, 3.8) is 0 Å². The molecule has 1 amide bonds. The molecule has 38 heavy (non-hydrogen) atoms. The lowest BCUT2D eigenvalue weighted by atomic mass is 9.42. The zero-order chi connectivity index (χ0) is 26.1. The molecule has 0 bridgehead atoms. The van der Waals surface area contributed by atoms with Crippen LogP contribution in [0.3, 0.4) is 0 Å². The molecule has 1 aromatic rings. The number of carbonyl (C=O) groups is 1. The fourth-order valence-corrected chi connectivity index (χ4v) is 11.5. The van der Waals surface area contributed by atoms with Gasteiger partial charge in [0.05, 0.1) is 4.75 Å². The van der Waals surface area contributed by atoms with E-state index in [1.54, 1.807) is 6.07 Å². The summed E-state index contributed by atoms with van der Waals surface area (Å²) in [4.78, 5) is 17.8. The van der Waals surface area contributed by atoms with Crippen molar-refractivity contribution in [2.75, 3.05) is 46.3 Å². The van der Waals surface area contributed by atoms with Gasteiger partial charge in [0, 0.05) is 50.2 Å². The molecule has 7 rings (SSSR count). The Morgan fingerprint density at radius 1 is 1.11 bits per heavy atom. The van der Waals surface area contributed by atoms with Gasteiger partial charge >= 0.3 is 0 Å². The molecule has 4 aliphatic carbocycles. The number of aromatic nitrogens is 1. The summed E-state index contributed by atoms with van der Waals surface area (Å²) in [6.07, 6.45) is 10.0. The van der Waals surface area contributed by atoms with Gasteiger partial charge in [0.1, 0.15) is 5.76 Å². The molecule has 10 heteroatoms. The monoisotopic (exact) mass is 545 g/mol. The Hall–Kier alpha value is -1.49. The number of piperidine rings is 1. The molecule has 1 N–H and O–H groups in total. The summed E-state index contributed by atoms with van der Waals surface area (Å²) in [7, 11) is -1.08. The Bertz CT molecular complexity index is 1140. The minimum Gasteiger partial charge on any atom is -0.360 e. The molecule has 6 fully saturated rings. The zero-order valence-electron chi connectivity index (χ0n) is 22.7. The highest BCUT2D eigenvalue weighted by molar-refractivity contribution is 7.90. The van der Waals surface area contributed by atoms with Crippen molar-refractivity contribution < 1.29 is 17.7 Å². The van der Waals surface area contributed by atoms with Crippen LogP contribution in [0.25, 0.3) is 0 Å². The number of likely N-dealkylation sites (N-methyl/N-ethyl adjacent to an activating group) is 1. The van der Waals surface area contributed by atoms with Crippen LogP contribution in [-0.4, -0.2) is 96.7 Å². The van der Waals surface area contributed by atoms with Crippen molar-refractivity contribution in [1.82, 2.24) is 24.6 Å². The summed E-state index contributed by atoms with van der Waals surface area (Å²) >= 11 is 0. The lowest BCUT2D eigenvalue weighted by Gasteiger charge is -2.70. The van der Waals surface area contributed by atoms with Crippen LogP contribution in [0.5, 0.6) is 0 Å². The van der Waals surface area contributed by atoms with Gasteiger partial charge in [-0.25, -0.2) is 12.7 Å². The summed E-state index contributed by atoms with van der Waals surface area (Å²) < 4.78 is 34.4. The van der Waals surface area contributed by atoms with Crippen molar-refractivity contribution in [3.05, 3.63) is 17.5 Å². The number of carbonyl (C=O) groups excluding carboxylic acids is 1. The highest BCUT2D eigenvalue weighted by Gasteiger charge is 2.73. The first-order valence-corrected chi connectivity index (χ1v) is 16.5. The molecule has 4 saturated carbocycles. The normalized spacial score (nSPS) is 36.1. The van der Waals surface area contributed by atoms with E-state index in [9.17, 15) is 13.2 Å². The molecular weight excluding hydrogens is 502 g/mol. The number of nitrogens with zero attached hydrogens (tertiary/aromatic N) is 4. The molecule has 9 nitrogen and oxygen atoms in total. The summed E-state index contributed by atoms with van der Waals surface area (Å²) in [6.45, 7) is 5.97. The molecular formula is C28H43N5O4S. The molecule has 0 aromatic carbocycles. The second-order valence-electron chi connectivity index (χ2n) is 13.2. The number of likely N-dealkylation sites (tertiary alicyclic amines) is 1. The Balaban J connectivity index is 0.907. The standard InChI is InChI=1S/C28H43N5O4S/c1-31(12-13-32-8-2-3-9-32)23-6-10-33(11-7-23)38(35,36)28-17-20-14-22(15-21(18-28)26(20)28)29-27(34)24-16-25(37-30-24)19-4-5-19/h16,19-23,26H,2-15,17-18H2,1H3,(H,29,34)/t20-,21+,22?,26?,28?. The van der Waals surface area contributed by atoms with Gasteiger partial charge in [-0.2, -0.15) is 0 Å². The Labute approximate surface area is 226 Å². The molecule has 6 aliphatic rings. The van der Waals surface area contributed by atoms with Crippen LogP contribution in [0.15, 0.2) is 10.6 Å². The number of amides is 1. The molecule has 0 radical (unpaired) electrons. The minimum absolute atomic E-state index is 0.0997. The smallest absolute Gasteiger partial charge is 0.273 e. The van der Waals surface area contributed by atoms with E-state index in [2.05, 4.69) is 27.3 Å². The van der Waals surface area contributed by atoms with Gasteiger partial charge in [0.2, 0.25) is 10.0 Å². The van der Waals surface area contributed by atoms with E-state index >= 15 is 0 Å². The summed E-state index contributed by atoms with van der Waals surface area (Å²) in [5.74, 6) is 2.17. The van der Waals surface area contributed by atoms with E-state index in [0.717, 1.165) is 70.2 Å². The first kappa shape index (κ1) is 25.5. The van der Waals surface area contributed by atoms with Gasteiger partial charge in [-0.3, -0.25) is 4.79 Å². The van der Waals surface area contributed by atoms with Crippen molar-refractivity contribution in [3.8, 4) is 0 Å².